The quantitative estimate of drug-likeness (QED) is 0.631. The average molecular weight is 289 g/mol. The van der Waals surface area contributed by atoms with Crippen LogP contribution in [0.2, 0.25) is 0 Å². The zero-order valence-electron chi connectivity index (χ0n) is 11.3. The maximum absolute atomic E-state index is 12.7. The molecular formula is C14H16FN5O. The molecule has 7 heteroatoms. The van der Waals surface area contributed by atoms with Crippen molar-refractivity contribution in [3.05, 3.63) is 30.1 Å². The van der Waals surface area contributed by atoms with E-state index in [0.717, 1.165) is 5.69 Å². The van der Waals surface area contributed by atoms with Crippen LogP contribution < -0.4 is 16.0 Å². The van der Waals surface area contributed by atoms with Crippen LogP contribution in [-0.2, 0) is 4.79 Å². The molecule has 0 bridgehead atoms. The molecule has 0 radical (unpaired) electrons. The predicted molar refractivity (Wildman–Crippen MR) is 78.2 cm³/mol. The maximum Gasteiger partial charge on any atom is 0.254 e. The Labute approximate surface area is 121 Å². The summed E-state index contributed by atoms with van der Waals surface area (Å²) in [6.07, 6.45) is 3.51. The van der Waals surface area contributed by atoms with Gasteiger partial charge < -0.3 is 21.4 Å². The van der Waals surface area contributed by atoms with Crippen LogP contribution in [0.3, 0.4) is 0 Å². The smallest absolute Gasteiger partial charge is 0.254 e. The third-order valence-electron chi connectivity index (χ3n) is 3.57. The van der Waals surface area contributed by atoms with Crippen LogP contribution in [0.15, 0.2) is 30.1 Å². The number of alkyl halides is 1. The molecule has 6 nitrogen and oxygen atoms in total. The molecule has 0 spiro atoms. The second kappa shape index (κ2) is 5.51. The number of anilines is 2. The number of hydrogen-bond acceptors (Lipinski definition) is 5. The topological polar surface area (TPSA) is 89.9 Å². The monoisotopic (exact) mass is 289 g/mol. The summed E-state index contributed by atoms with van der Waals surface area (Å²) in [6, 6.07) is 3.78. The van der Waals surface area contributed by atoms with Gasteiger partial charge in [-0.3, -0.25) is 4.79 Å². The van der Waals surface area contributed by atoms with Crippen molar-refractivity contribution in [2.75, 3.05) is 17.2 Å². The van der Waals surface area contributed by atoms with Gasteiger partial charge >= 0.3 is 0 Å². The number of aromatic nitrogens is 1. The third kappa shape index (κ3) is 3.01. The number of carbonyl (C=O) groups excluding carboxylic acids is 1. The van der Waals surface area contributed by atoms with Crippen LogP contribution in [0, 0.1) is 5.41 Å². The van der Waals surface area contributed by atoms with E-state index in [-0.39, 0.29) is 24.2 Å². The highest BCUT2D eigenvalue weighted by Crippen LogP contribution is 2.26. The van der Waals surface area contributed by atoms with E-state index in [4.69, 9.17) is 5.41 Å². The van der Waals surface area contributed by atoms with Gasteiger partial charge in [-0.2, -0.15) is 0 Å². The van der Waals surface area contributed by atoms with E-state index in [1.54, 1.807) is 12.3 Å². The summed E-state index contributed by atoms with van der Waals surface area (Å²) in [5.74, 6) is 0.459. The molecule has 1 saturated heterocycles. The van der Waals surface area contributed by atoms with E-state index in [1.807, 2.05) is 6.07 Å². The van der Waals surface area contributed by atoms with Crippen LogP contribution in [0.1, 0.15) is 12.8 Å². The fourth-order valence-electron chi connectivity index (χ4n) is 2.24. The summed E-state index contributed by atoms with van der Waals surface area (Å²) in [6.45, 7) is 0.268. The average Bonchev–Trinajstić information content (AvgIpc) is 2.76. The van der Waals surface area contributed by atoms with Crippen molar-refractivity contribution in [3.63, 3.8) is 0 Å². The molecule has 4 N–H and O–H groups in total. The Balaban J connectivity index is 1.58. The van der Waals surface area contributed by atoms with Crippen molar-refractivity contribution in [1.29, 1.82) is 5.41 Å². The number of rotatable bonds is 4. The summed E-state index contributed by atoms with van der Waals surface area (Å²) in [7, 11) is 0. The summed E-state index contributed by atoms with van der Waals surface area (Å²) in [5, 5.41) is 16.3. The molecule has 2 fully saturated rings. The summed E-state index contributed by atoms with van der Waals surface area (Å²) < 4.78 is 12.7. The molecular weight excluding hydrogens is 273 g/mol. The van der Waals surface area contributed by atoms with Gasteiger partial charge in [-0.1, -0.05) is 0 Å². The first-order chi connectivity index (χ1) is 10.1. The molecule has 1 aromatic heterocycles. The third-order valence-corrected chi connectivity index (χ3v) is 3.57. The van der Waals surface area contributed by atoms with E-state index in [1.165, 1.54) is 6.20 Å². The van der Waals surface area contributed by atoms with Crippen molar-refractivity contribution in [1.82, 2.24) is 10.3 Å². The first-order valence-electron chi connectivity index (χ1n) is 6.81. The minimum absolute atomic E-state index is 0.163. The largest absolute Gasteiger partial charge is 0.367 e. The number of pyridine rings is 1. The molecule has 2 heterocycles. The lowest BCUT2D eigenvalue weighted by atomic mass is 9.91. The lowest BCUT2D eigenvalue weighted by Gasteiger charge is -2.30. The van der Waals surface area contributed by atoms with Gasteiger partial charge in [-0.15, -0.1) is 0 Å². The van der Waals surface area contributed by atoms with Gasteiger partial charge in [0.2, 0.25) is 0 Å². The molecule has 1 amide bonds. The SMILES string of the molecule is N=C1CNC(=O)/C1=C/Nc1ccc(NC2CC(F)C2)nc1. The van der Waals surface area contributed by atoms with Gasteiger partial charge in [0.1, 0.15) is 12.0 Å². The van der Waals surface area contributed by atoms with Crippen molar-refractivity contribution >= 4 is 23.1 Å². The second-order valence-corrected chi connectivity index (χ2v) is 5.21. The van der Waals surface area contributed by atoms with Crippen molar-refractivity contribution in [2.45, 2.75) is 25.1 Å². The van der Waals surface area contributed by atoms with Crippen LogP contribution in [0.5, 0.6) is 0 Å². The molecule has 110 valence electrons. The number of amides is 1. The fraction of sp³-hybridized carbons (Fsp3) is 0.357. The van der Waals surface area contributed by atoms with E-state index in [0.29, 0.717) is 24.2 Å². The molecule has 0 aromatic carbocycles. The Kier molecular flexibility index (Phi) is 3.55. The maximum atomic E-state index is 12.7. The van der Waals surface area contributed by atoms with Crippen LogP contribution >= 0.6 is 0 Å². The predicted octanol–water partition coefficient (Wildman–Crippen LogP) is 1.44. The first kappa shape index (κ1) is 13.5. The highest BCUT2D eigenvalue weighted by molar-refractivity contribution is 6.26. The molecule has 1 aliphatic heterocycles. The molecule has 0 atom stereocenters. The van der Waals surface area contributed by atoms with Gasteiger partial charge in [-0.25, -0.2) is 9.37 Å². The first-order valence-corrected chi connectivity index (χ1v) is 6.81. The Morgan fingerprint density at radius 3 is 2.81 bits per heavy atom. The summed E-state index contributed by atoms with van der Waals surface area (Å²) in [5.41, 5.74) is 1.32. The summed E-state index contributed by atoms with van der Waals surface area (Å²) >= 11 is 0. The normalized spacial score (nSPS) is 26.4. The van der Waals surface area contributed by atoms with Gasteiger partial charge in [0.15, 0.2) is 0 Å². The van der Waals surface area contributed by atoms with Crippen LogP contribution in [0.25, 0.3) is 0 Å². The van der Waals surface area contributed by atoms with E-state index in [9.17, 15) is 9.18 Å². The van der Waals surface area contributed by atoms with Crippen molar-refractivity contribution < 1.29 is 9.18 Å². The molecule has 2 aliphatic rings. The minimum atomic E-state index is -0.692. The van der Waals surface area contributed by atoms with Crippen molar-refractivity contribution in [2.24, 2.45) is 0 Å². The number of hydrogen-bond donors (Lipinski definition) is 4. The molecule has 1 saturated carbocycles. The number of carbonyl (C=O) groups is 1. The van der Waals surface area contributed by atoms with E-state index < -0.39 is 6.17 Å². The lowest BCUT2D eigenvalue weighted by Crippen LogP contribution is -2.36. The zero-order valence-corrected chi connectivity index (χ0v) is 11.3. The number of nitrogens with one attached hydrogen (secondary N) is 4. The fourth-order valence-corrected chi connectivity index (χ4v) is 2.24. The molecule has 3 rings (SSSR count). The standard InChI is InChI=1S/C14H16FN5O/c15-8-3-10(4-8)20-13-2-1-9(5-18-13)17-6-11-12(16)7-19-14(11)21/h1-2,5-6,8,10,16-17H,3-4,7H2,(H,18,20)(H,19,21)/b11-6+,16-12?. The highest BCUT2D eigenvalue weighted by Gasteiger charge is 2.28. The highest BCUT2D eigenvalue weighted by atomic mass is 19.1. The molecule has 1 aromatic rings. The molecule has 21 heavy (non-hydrogen) atoms. The number of nitrogens with zero attached hydrogens (tertiary/aromatic N) is 1. The van der Waals surface area contributed by atoms with Crippen LogP contribution in [-0.4, -0.2) is 35.4 Å². The second-order valence-electron chi connectivity index (χ2n) is 5.21. The van der Waals surface area contributed by atoms with Gasteiger partial charge in [0.25, 0.3) is 5.91 Å². The Morgan fingerprint density at radius 1 is 1.43 bits per heavy atom. The Bertz CT molecular complexity index is 574. The molecule has 1 aliphatic carbocycles. The Morgan fingerprint density at radius 2 is 2.24 bits per heavy atom. The van der Waals surface area contributed by atoms with Crippen LogP contribution in [0.4, 0.5) is 15.9 Å². The van der Waals surface area contributed by atoms with E-state index in [2.05, 4.69) is 20.9 Å². The number of halogens is 1. The summed E-state index contributed by atoms with van der Waals surface area (Å²) in [4.78, 5) is 15.7. The van der Waals surface area contributed by atoms with Crippen molar-refractivity contribution in [3.8, 4) is 0 Å². The zero-order chi connectivity index (χ0) is 14.8. The van der Waals surface area contributed by atoms with Gasteiger partial charge in [0, 0.05) is 12.2 Å². The van der Waals surface area contributed by atoms with E-state index >= 15 is 0 Å². The Hall–Kier alpha value is -2.44. The lowest BCUT2D eigenvalue weighted by molar-refractivity contribution is -0.116. The van der Waals surface area contributed by atoms with Gasteiger partial charge in [-0.05, 0) is 25.0 Å². The minimum Gasteiger partial charge on any atom is -0.367 e. The molecule has 0 unspecified atom stereocenters. The van der Waals surface area contributed by atoms with Gasteiger partial charge in [0.05, 0.1) is 29.7 Å².